The Morgan fingerprint density at radius 1 is 1.15 bits per heavy atom. The molecule has 0 aromatic heterocycles. The summed E-state index contributed by atoms with van der Waals surface area (Å²) in [6, 6.07) is 1.07. The van der Waals surface area contributed by atoms with Crippen LogP contribution >= 0.6 is 15.9 Å². The molecule has 0 aromatic rings. The molecule has 13 heavy (non-hydrogen) atoms. The molecule has 1 heterocycles. The number of halogens is 1. The van der Waals surface area contributed by atoms with Crippen molar-refractivity contribution in [3.05, 3.63) is 0 Å². The average Bonchev–Trinajstić information content (AvgIpc) is 2.09. The summed E-state index contributed by atoms with van der Waals surface area (Å²) in [7, 11) is -1.85. The molecular weight excluding hydrogens is 252 g/mol. The van der Waals surface area contributed by atoms with Crippen molar-refractivity contribution in [2.24, 2.45) is 0 Å². The maximum absolute atomic E-state index is 5.74. The summed E-state index contributed by atoms with van der Waals surface area (Å²) in [6.07, 6.45) is 1.13. The molecule has 0 radical (unpaired) electrons. The molecule has 1 aliphatic rings. The second kappa shape index (κ2) is 6.13. The van der Waals surface area contributed by atoms with E-state index in [1.807, 2.05) is 0 Å². The molecule has 0 spiro atoms. The van der Waals surface area contributed by atoms with E-state index in [0.717, 1.165) is 17.8 Å². The lowest BCUT2D eigenvalue weighted by molar-refractivity contribution is 0.0264. The van der Waals surface area contributed by atoms with Crippen LogP contribution in [0.4, 0.5) is 0 Å². The normalized spacial score (nSPS) is 23.5. The zero-order valence-corrected chi connectivity index (χ0v) is 10.6. The zero-order chi connectivity index (χ0) is 9.57. The van der Waals surface area contributed by atoms with Crippen LogP contribution in [0.2, 0.25) is 12.6 Å². The van der Waals surface area contributed by atoms with Crippen LogP contribution in [0.25, 0.3) is 0 Å². The van der Waals surface area contributed by atoms with Crippen molar-refractivity contribution >= 4 is 24.5 Å². The first-order valence-electron chi connectivity index (χ1n) is 4.68. The summed E-state index contributed by atoms with van der Waals surface area (Å²) in [4.78, 5) is 0. The third-order valence-electron chi connectivity index (χ3n) is 2.03. The van der Waals surface area contributed by atoms with Crippen molar-refractivity contribution < 1.29 is 13.6 Å². The van der Waals surface area contributed by atoms with Gasteiger partial charge in [-0.3, -0.25) is 0 Å². The highest BCUT2D eigenvalue weighted by atomic mass is 79.9. The van der Waals surface area contributed by atoms with E-state index in [9.17, 15) is 0 Å². The standard InChI is InChI=1S/C8H17BrO3Si/c1-13(8-2-3-9)11-6-4-10-5-7-12-13/h2-8H2,1H3. The number of hydrogen-bond donors (Lipinski definition) is 0. The maximum Gasteiger partial charge on any atom is 0.335 e. The van der Waals surface area contributed by atoms with E-state index in [2.05, 4.69) is 22.5 Å². The number of alkyl halides is 1. The smallest absolute Gasteiger partial charge is 0.335 e. The predicted molar refractivity (Wildman–Crippen MR) is 57.6 cm³/mol. The molecule has 0 aromatic carbocycles. The zero-order valence-electron chi connectivity index (χ0n) is 8.05. The Hall–Kier alpha value is 0.577. The molecule has 1 saturated heterocycles. The first-order chi connectivity index (χ1) is 6.27. The predicted octanol–water partition coefficient (Wildman–Crippen LogP) is 1.91. The Morgan fingerprint density at radius 3 is 2.31 bits per heavy atom. The van der Waals surface area contributed by atoms with Gasteiger partial charge in [-0.1, -0.05) is 15.9 Å². The molecule has 3 nitrogen and oxygen atoms in total. The molecule has 1 fully saturated rings. The number of ether oxygens (including phenoxy) is 1. The number of hydrogen-bond acceptors (Lipinski definition) is 3. The van der Waals surface area contributed by atoms with Crippen LogP contribution in [0.1, 0.15) is 6.42 Å². The molecular formula is C8H17BrO3Si. The fourth-order valence-electron chi connectivity index (χ4n) is 1.31. The van der Waals surface area contributed by atoms with Gasteiger partial charge in [0.2, 0.25) is 0 Å². The van der Waals surface area contributed by atoms with E-state index >= 15 is 0 Å². The van der Waals surface area contributed by atoms with Gasteiger partial charge in [-0.05, 0) is 19.0 Å². The molecule has 0 N–H and O–H groups in total. The third kappa shape index (κ3) is 4.55. The minimum absolute atomic E-state index is 0.686. The maximum atomic E-state index is 5.74. The van der Waals surface area contributed by atoms with Crippen LogP contribution in [-0.4, -0.2) is 40.3 Å². The molecule has 1 aliphatic heterocycles. The van der Waals surface area contributed by atoms with Crippen molar-refractivity contribution in [3.63, 3.8) is 0 Å². The minimum Gasteiger partial charge on any atom is -0.392 e. The molecule has 0 aliphatic carbocycles. The van der Waals surface area contributed by atoms with Gasteiger partial charge in [0.15, 0.2) is 0 Å². The van der Waals surface area contributed by atoms with Crippen LogP contribution < -0.4 is 0 Å². The molecule has 78 valence electrons. The van der Waals surface area contributed by atoms with E-state index < -0.39 is 8.56 Å². The van der Waals surface area contributed by atoms with E-state index in [-0.39, 0.29) is 0 Å². The topological polar surface area (TPSA) is 27.7 Å². The van der Waals surface area contributed by atoms with E-state index in [4.69, 9.17) is 13.6 Å². The van der Waals surface area contributed by atoms with Gasteiger partial charge < -0.3 is 13.6 Å². The van der Waals surface area contributed by atoms with Crippen molar-refractivity contribution in [1.29, 1.82) is 0 Å². The van der Waals surface area contributed by atoms with Crippen LogP contribution in [0.15, 0.2) is 0 Å². The Balaban J connectivity index is 2.32. The second-order valence-corrected chi connectivity index (χ2v) is 7.37. The lowest BCUT2D eigenvalue weighted by atomic mass is 10.6. The molecule has 0 amide bonds. The van der Waals surface area contributed by atoms with Gasteiger partial charge in [0, 0.05) is 5.33 Å². The summed E-state index contributed by atoms with van der Waals surface area (Å²) in [5, 5.41) is 1.03. The molecule has 0 bridgehead atoms. The van der Waals surface area contributed by atoms with Crippen LogP contribution in [0.3, 0.4) is 0 Å². The molecule has 1 rings (SSSR count). The Morgan fingerprint density at radius 2 is 1.77 bits per heavy atom. The van der Waals surface area contributed by atoms with Gasteiger partial charge in [0.1, 0.15) is 0 Å². The van der Waals surface area contributed by atoms with Gasteiger partial charge >= 0.3 is 8.56 Å². The van der Waals surface area contributed by atoms with Crippen molar-refractivity contribution in [3.8, 4) is 0 Å². The molecule has 0 atom stereocenters. The molecule has 0 saturated carbocycles. The lowest BCUT2D eigenvalue weighted by Crippen LogP contribution is -2.42. The summed E-state index contributed by atoms with van der Waals surface area (Å²) in [5.41, 5.74) is 0. The minimum atomic E-state index is -1.85. The highest BCUT2D eigenvalue weighted by Crippen LogP contribution is 2.17. The summed E-state index contributed by atoms with van der Waals surface area (Å²) in [6.45, 7) is 4.93. The Kier molecular flexibility index (Phi) is 5.50. The highest BCUT2D eigenvalue weighted by molar-refractivity contribution is 9.09. The summed E-state index contributed by atoms with van der Waals surface area (Å²) in [5.74, 6) is 0. The summed E-state index contributed by atoms with van der Waals surface area (Å²) >= 11 is 3.42. The highest BCUT2D eigenvalue weighted by Gasteiger charge is 2.31. The van der Waals surface area contributed by atoms with E-state index in [1.165, 1.54) is 0 Å². The van der Waals surface area contributed by atoms with Crippen LogP contribution in [-0.2, 0) is 13.6 Å². The fourth-order valence-corrected chi connectivity index (χ4v) is 4.33. The van der Waals surface area contributed by atoms with Crippen molar-refractivity contribution in [2.45, 2.75) is 19.0 Å². The fraction of sp³-hybridized carbons (Fsp3) is 1.00. The second-order valence-electron chi connectivity index (χ2n) is 3.24. The quantitative estimate of drug-likeness (QED) is 0.578. The van der Waals surface area contributed by atoms with Gasteiger partial charge in [-0.25, -0.2) is 0 Å². The largest absolute Gasteiger partial charge is 0.392 e. The third-order valence-corrected chi connectivity index (χ3v) is 5.49. The average molecular weight is 269 g/mol. The first-order valence-corrected chi connectivity index (χ1v) is 8.33. The first kappa shape index (κ1) is 11.7. The van der Waals surface area contributed by atoms with Crippen LogP contribution in [0.5, 0.6) is 0 Å². The SMILES string of the molecule is C[Si]1(CCCBr)OCCOCCO1. The van der Waals surface area contributed by atoms with Crippen molar-refractivity contribution in [2.75, 3.05) is 31.8 Å². The van der Waals surface area contributed by atoms with E-state index in [0.29, 0.717) is 26.4 Å². The van der Waals surface area contributed by atoms with Gasteiger partial charge in [0.25, 0.3) is 0 Å². The Bertz CT molecular complexity index is 132. The van der Waals surface area contributed by atoms with Gasteiger partial charge in [-0.2, -0.15) is 0 Å². The molecule has 0 unspecified atom stereocenters. The van der Waals surface area contributed by atoms with Gasteiger partial charge in [-0.15, -0.1) is 0 Å². The van der Waals surface area contributed by atoms with E-state index in [1.54, 1.807) is 0 Å². The lowest BCUT2D eigenvalue weighted by Gasteiger charge is -2.28. The Labute approximate surface area is 89.1 Å². The van der Waals surface area contributed by atoms with Crippen molar-refractivity contribution in [1.82, 2.24) is 0 Å². The van der Waals surface area contributed by atoms with Crippen LogP contribution in [0, 0.1) is 0 Å². The monoisotopic (exact) mass is 268 g/mol. The molecule has 5 heteroatoms. The number of rotatable bonds is 3. The summed E-state index contributed by atoms with van der Waals surface area (Å²) < 4.78 is 16.7. The van der Waals surface area contributed by atoms with Gasteiger partial charge in [0.05, 0.1) is 26.4 Å².